The molecule has 4 heteroatoms. The van der Waals surface area contributed by atoms with E-state index < -0.39 is 0 Å². The zero-order valence-electron chi connectivity index (χ0n) is 10.6. The fraction of sp³-hybridized carbons (Fsp3) is 0.615. The second-order valence-electron chi connectivity index (χ2n) is 4.29. The Bertz CT molecular complexity index is 353. The average Bonchev–Trinajstić information content (AvgIpc) is 2.36. The number of rotatable bonds is 7. The minimum absolute atomic E-state index is 0.353. The highest BCUT2D eigenvalue weighted by Gasteiger charge is 2.03. The van der Waals surface area contributed by atoms with Crippen LogP contribution in [-0.4, -0.2) is 16.0 Å². The molecule has 0 saturated heterocycles. The Hall–Kier alpha value is -1.63. The van der Waals surface area contributed by atoms with Gasteiger partial charge < -0.3 is 5.32 Å². The number of anilines is 1. The van der Waals surface area contributed by atoms with Crippen molar-refractivity contribution in [2.45, 2.75) is 52.0 Å². The van der Waals surface area contributed by atoms with Gasteiger partial charge in [-0.25, -0.2) is 9.97 Å². The van der Waals surface area contributed by atoms with Crippen LogP contribution in [0.2, 0.25) is 0 Å². The molecule has 0 amide bonds. The summed E-state index contributed by atoms with van der Waals surface area (Å²) in [5.74, 6) is 0.743. The summed E-state index contributed by atoms with van der Waals surface area (Å²) < 4.78 is 0. The van der Waals surface area contributed by atoms with Crippen LogP contribution in [0.15, 0.2) is 12.4 Å². The Kier molecular flexibility index (Phi) is 6.02. The molecule has 0 saturated carbocycles. The molecule has 0 spiro atoms. The number of unbranched alkanes of at least 4 members (excludes halogenated alkanes) is 3. The van der Waals surface area contributed by atoms with Crippen LogP contribution in [0.5, 0.6) is 0 Å². The maximum absolute atomic E-state index is 8.60. The standard InChI is InChI=1S/C13H20N4/c1-3-4-5-6-7-11(2)17-13-10-15-12(8-14)9-16-13/h9-11H,3-7H2,1-2H3,(H,16,17). The summed E-state index contributed by atoms with van der Waals surface area (Å²) in [5.41, 5.74) is 0.353. The van der Waals surface area contributed by atoms with Crippen molar-refractivity contribution >= 4 is 5.82 Å². The summed E-state index contributed by atoms with van der Waals surface area (Å²) in [6.07, 6.45) is 9.36. The Morgan fingerprint density at radius 2 is 2.12 bits per heavy atom. The summed E-state index contributed by atoms with van der Waals surface area (Å²) in [6.45, 7) is 4.36. The van der Waals surface area contributed by atoms with Crippen LogP contribution in [0.1, 0.15) is 51.6 Å². The van der Waals surface area contributed by atoms with Crippen LogP contribution in [-0.2, 0) is 0 Å². The molecule has 92 valence electrons. The third kappa shape index (κ3) is 5.30. The van der Waals surface area contributed by atoms with Crippen LogP contribution in [0.3, 0.4) is 0 Å². The predicted molar refractivity (Wildman–Crippen MR) is 68.6 cm³/mol. The Balaban J connectivity index is 2.30. The molecule has 0 aromatic carbocycles. The molecule has 0 bridgehead atoms. The van der Waals surface area contributed by atoms with Gasteiger partial charge in [-0.05, 0) is 13.3 Å². The summed E-state index contributed by atoms with van der Waals surface area (Å²) >= 11 is 0. The maximum Gasteiger partial charge on any atom is 0.158 e. The minimum Gasteiger partial charge on any atom is -0.366 e. The number of hydrogen-bond acceptors (Lipinski definition) is 4. The van der Waals surface area contributed by atoms with E-state index in [1.165, 1.54) is 31.9 Å². The number of nitrogens with zero attached hydrogens (tertiary/aromatic N) is 3. The van der Waals surface area contributed by atoms with Crippen molar-refractivity contribution < 1.29 is 0 Å². The SMILES string of the molecule is CCCCCCC(C)Nc1cnc(C#N)cn1. The van der Waals surface area contributed by atoms with Gasteiger partial charge in [0.1, 0.15) is 11.9 Å². The molecule has 4 nitrogen and oxygen atoms in total. The summed E-state index contributed by atoms with van der Waals surface area (Å²) in [5, 5.41) is 11.9. The first-order valence-electron chi connectivity index (χ1n) is 6.25. The van der Waals surface area contributed by atoms with Crippen molar-refractivity contribution in [3.63, 3.8) is 0 Å². The molecule has 1 N–H and O–H groups in total. The molecule has 1 rings (SSSR count). The van der Waals surface area contributed by atoms with Crippen molar-refractivity contribution in [1.82, 2.24) is 9.97 Å². The Morgan fingerprint density at radius 1 is 1.29 bits per heavy atom. The van der Waals surface area contributed by atoms with Crippen molar-refractivity contribution in [1.29, 1.82) is 5.26 Å². The monoisotopic (exact) mass is 232 g/mol. The van der Waals surface area contributed by atoms with E-state index in [4.69, 9.17) is 5.26 Å². The van der Waals surface area contributed by atoms with Crippen LogP contribution in [0, 0.1) is 11.3 Å². The molecular formula is C13H20N4. The van der Waals surface area contributed by atoms with E-state index in [0.717, 1.165) is 12.2 Å². The van der Waals surface area contributed by atoms with Crippen LogP contribution >= 0.6 is 0 Å². The van der Waals surface area contributed by atoms with E-state index in [0.29, 0.717) is 11.7 Å². The van der Waals surface area contributed by atoms with Crippen molar-refractivity contribution in [2.75, 3.05) is 5.32 Å². The highest BCUT2D eigenvalue weighted by molar-refractivity contribution is 5.33. The predicted octanol–water partition coefficient (Wildman–Crippen LogP) is 3.12. The average molecular weight is 232 g/mol. The lowest BCUT2D eigenvalue weighted by molar-refractivity contribution is 0.593. The van der Waals surface area contributed by atoms with Crippen molar-refractivity contribution in [2.24, 2.45) is 0 Å². The lowest BCUT2D eigenvalue weighted by atomic mass is 10.1. The van der Waals surface area contributed by atoms with Crippen molar-refractivity contribution in [3.05, 3.63) is 18.1 Å². The second-order valence-corrected chi connectivity index (χ2v) is 4.29. The first kappa shape index (κ1) is 13.4. The minimum atomic E-state index is 0.353. The van der Waals surface area contributed by atoms with Gasteiger partial charge in [-0.15, -0.1) is 0 Å². The molecule has 1 aromatic rings. The zero-order valence-corrected chi connectivity index (χ0v) is 10.6. The van der Waals surface area contributed by atoms with E-state index in [9.17, 15) is 0 Å². The molecule has 1 atom stereocenters. The van der Waals surface area contributed by atoms with Crippen LogP contribution in [0.4, 0.5) is 5.82 Å². The van der Waals surface area contributed by atoms with Crippen LogP contribution in [0.25, 0.3) is 0 Å². The highest BCUT2D eigenvalue weighted by Crippen LogP contribution is 2.09. The Labute approximate surface area is 103 Å². The van der Waals surface area contributed by atoms with Gasteiger partial charge in [-0.2, -0.15) is 5.26 Å². The van der Waals surface area contributed by atoms with E-state index in [1.54, 1.807) is 6.20 Å². The number of aromatic nitrogens is 2. The lowest BCUT2D eigenvalue weighted by Gasteiger charge is -2.13. The van der Waals surface area contributed by atoms with Crippen molar-refractivity contribution in [3.8, 4) is 6.07 Å². The molecule has 1 aromatic heterocycles. The molecule has 0 aliphatic heterocycles. The first-order chi connectivity index (χ1) is 8.26. The molecule has 17 heavy (non-hydrogen) atoms. The number of nitriles is 1. The van der Waals surface area contributed by atoms with Gasteiger partial charge in [-0.1, -0.05) is 32.6 Å². The van der Waals surface area contributed by atoms with E-state index in [-0.39, 0.29) is 0 Å². The van der Waals surface area contributed by atoms with Gasteiger partial charge in [-0.3, -0.25) is 0 Å². The van der Waals surface area contributed by atoms with Gasteiger partial charge in [0.05, 0.1) is 12.4 Å². The molecule has 0 fully saturated rings. The lowest BCUT2D eigenvalue weighted by Crippen LogP contribution is -2.16. The number of hydrogen-bond donors (Lipinski definition) is 1. The first-order valence-corrected chi connectivity index (χ1v) is 6.25. The van der Waals surface area contributed by atoms with E-state index in [1.807, 2.05) is 6.07 Å². The zero-order chi connectivity index (χ0) is 12.5. The smallest absolute Gasteiger partial charge is 0.158 e. The molecule has 0 aliphatic rings. The van der Waals surface area contributed by atoms with Gasteiger partial charge >= 0.3 is 0 Å². The molecular weight excluding hydrogens is 212 g/mol. The highest BCUT2D eigenvalue weighted by atomic mass is 15.0. The fourth-order valence-corrected chi connectivity index (χ4v) is 1.66. The summed E-state index contributed by atoms with van der Waals surface area (Å²) in [6, 6.07) is 2.35. The Morgan fingerprint density at radius 3 is 2.71 bits per heavy atom. The second kappa shape index (κ2) is 7.61. The van der Waals surface area contributed by atoms with Gasteiger partial charge in [0.2, 0.25) is 0 Å². The quantitative estimate of drug-likeness (QED) is 0.734. The van der Waals surface area contributed by atoms with Gasteiger partial charge in [0, 0.05) is 6.04 Å². The van der Waals surface area contributed by atoms with Gasteiger partial charge in [0.25, 0.3) is 0 Å². The number of nitrogens with one attached hydrogen (secondary N) is 1. The molecule has 1 heterocycles. The summed E-state index contributed by atoms with van der Waals surface area (Å²) in [4.78, 5) is 8.11. The van der Waals surface area contributed by atoms with Crippen LogP contribution < -0.4 is 5.32 Å². The largest absolute Gasteiger partial charge is 0.366 e. The summed E-state index contributed by atoms with van der Waals surface area (Å²) in [7, 11) is 0. The third-order valence-corrected chi connectivity index (χ3v) is 2.65. The molecule has 0 aliphatic carbocycles. The van der Waals surface area contributed by atoms with Gasteiger partial charge in [0.15, 0.2) is 5.69 Å². The van der Waals surface area contributed by atoms with E-state index >= 15 is 0 Å². The van der Waals surface area contributed by atoms with E-state index in [2.05, 4.69) is 29.1 Å². The normalized spacial score (nSPS) is 11.8. The fourth-order valence-electron chi connectivity index (χ4n) is 1.66. The topological polar surface area (TPSA) is 61.6 Å². The maximum atomic E-state index is 8.60. The third-order valence-electron chi connectivity index (χ3n) is 2.65. The molecule has 1 unspecified atom stereocenters. The molecule has 0 radical (unpaired) electrons.